The molecule has 1 aliphatic rings. The van der Waals surface area contributed by atoms with Gasteiger partial charge in [0, 0.05) is 16.7 Å². The third kappa shape index (κ3) is 5.39. The Morgan fingerprint density at radius 3 is 2.79 bits per heavy atom. The van der Waals surface area contributed by atoms with Gasteiger partial charge in [-0.1, -0.05) is 28.1 Å². The molecule has 0 aromatic heterocycles. The molecule has 3 N–H and O–H groups in total. The number of aliphatic imine (C=N–C) groups is 1. The average molecular weight is 447 g/mol. The first-order valence-corrected chi connectivity index (χ1v) is 9.81. The number of halogens is 1. The number of hydrogen-bond acceptors (Lipinski definition) is 4. The molecule has 0 saturated carbocycles. The van der Waals surface area contributed by atoms with Gasteiger partial charge in [0.15, 0.2) is 17.5 Å². The second-order valence-corrected chi connectivity index (χ2v) is 7.16. The van der Waals surface area contributed by atoms with Crippen molar-refractivity contribution in [2.45, 2.75) is 20.4 Å². The highest BCUT2D eigenvalue weighted by Crippen LogP contribution is 2.32. The Morgan fingerprint density at radius 1 is 1.14 bits per heavy atom. The number of rotatable bonds is 6. The molecule has 8 heteroatoms. The van der Waals surface area contributed by atoms with E-state index in [1.54, 1.807) is 0 Å². The Morgan fingerprint density at radius 2 is 1.96 bits per heavy atom. The molecule has 7 nitrogen and oxygen atoms in total. The van der Waals surface area contributed by atoms with E-state index in [1.165, 1.54) is 0 Å². The highest BCUT2D eigenvalue weighted by Gasteiger charge is 2.13. The fourth-order valence-electron chi connectivity index (χ4n) is 2.64. The van der Waals surface area contributed by atoms with E-state index in [1.807, 2.05) is 50.2 Å². The van der Waals surface area contributed by atoms with Gasteiger partial charge >= 0.3 is 0 Å². The van der Waals surface area contributed by atoms with Crippen LogP contribution in [0.15, 0.2) is 45.9 Å². The maximum Gasteiger partial charge on any atom is 0.243 e. The minimum Gasteiger partial charge on any atom is -0.454 e. The van der Waals surface area contributed by atoms with E-state index in [0.29, 0.717) is 19.0 Å². The van der Waals surface area contributed by atoms with Gasteiger partial charge in [-0.05, 0) is 49.2 Å². The summed E-state index contributed by atoms with van der Waals surface area (Å²) in [6.07, 6.45) is 0. The van der Waals surface area contributed by atoms with Gasteiger partial charge in [0.2, 0.25) is 12.7 Å². The summed E-state index contributed by atoms with van der Waals surface area (Å²) in [6, 6.07) is 11.5. The van der Waals surface area contributed by atoms with Crippen molar-refractivity contribution in [3.8, 4) is 11.5 Å². The Hall–Kier alpha value is -2.74. The molecule has 2 aromatic carbocycles. The van der Waals surface area contributed by atoms with Crippen molar-refractivity contribution in [2.24, 2.45) is 4.99 Å². The first-order valence-electron chi connectivity index (χ1n) is 9.02. The van der Waals surface area contributed by atoms with Crippen molar-refractivity contribution in [3.05, 3.63) is 52.0 Å². The number of guanidine groups is 1. The number of ether oxygens (including phenoxy) is 2. The molecule has 0 bridgehead atoms. The maximum atomic E-state index is 12.3. The molecule has 148 valence electrons. The molecule has 0 atom stereocenters. The number of benzene rings is 2. The zero-order valence-corrected chi connectivity index (χ0v) is 17.4. The first kappa shape index (κ1) is 20.0. The molecule has 28 heavy (non-hydrogen) atoms. The Balaban J connectivity index is 1.57. The predicted octanol–water partition coefficient (Wildman–Crippen LogP) is 3.18. The van der Waals surface area contributed by atoms with Crippen molar-refractivity contribution in [1.82, 2.24) is 10.6 Å². The van der Waals surface area contributed by atoms with Gasteiger partial charge in [-0.25, -0.2) is 4.99 Å². The summed E-state index contributed by atoms with van der Waals surface area (Å²) in [6.45, 7) is 5.44. The van der Waals surface area contributed by atoms with Gasteiger partial charge in [-0.15, -0.1) is 0 Å². The second-order valence-electron chi connectivity index (χ2n) is 6.24. The molecule has 0 unspecified atom stereocenters. The van der Waals surface area contributed by atoms with Crippen molar-refractivity contribution < 1.29 is 14.3 Å². The van der Waals surface area contributed by atoms with E-state index in [2.05, 4.69) is 36.9 Å². The largest absolute Gasteiger partial charge is 0.454 e. The van der Waals surface area contributed by atoms with Crippen LogP contribution in [-0.4, -0.2) is 31.7 Å². The van der Waals surface area contributed by atoms with Crippen molar-refractivity contribution in [2.75, 3.05) is 25.2 Å². The molecule has 0 spiro atoms. The fourth-order valence-corrected chi connectivity index (χ4v) is 3.00. The van der Waals surface area contributed by atoms with Crippen molar-refractivity contribution in [1.29, 1.82) is 0 Å². The number of carbonyl (C=O) groups excluding carboxylic acids is 1. The summed E-state index contributed by atoms with van der Waals surface area (Å²) < 4.78 is 11.6. The second kappa shape index (κ2) is 9.45. The quantitative estimate of drug-likeness (QED) is 0.468. The summed E-state index contributed by atoms with van der Waals surface area (Å²) in [5, 5.41) is 9.10. The van der Waals surface area contributed by atoms with Crippen molar-refractivity contribution >= 4 is 33.5 Å². The summed E-state index contributed by atoms with van der Waals surface area (Å²) in [5.74, 6) is 1.91. The monoisotopic (exact) mass is 446 g/mol. The van der Waals surface area contributed by atoms with Crippen LogP contribution in [0.3, 0.4) is 0 Å². The van der Waals surface area contributed by atoms with E-state index in [9.17, 15) is 4.79 Å². The van der Waals surface area contributed by atoms with Gasteiger partial charge < -0.3 is 25.4 Å². The molecule has 0 radical (unpaired) electrons. The van der Waals surface area contributed by atoms with E-state index in [0.717, 1.165) is 32.8 Å². The van der Waals surface area contributed by atoms with Crippen molar-refractivity contribution in [3.63, 3.8) is 0 Å². The van der Waals surface area contributed by atoms with Crippen LogP contribution < -0.4 is 25.4 Å². The molecule has 1 amide bonds. The normalized spacial score (nSPS) is 12.6. The Labute approximate surface area is 172 Å². The smallest absolute Gasteiger partial charge is 0.243 e. The minimum atomic E-state index is -0.144. The van der Waals surface area contributed by atoms with Crippen LogP contribution in [0.2, 0.25) is 0 Å². The SMILES string of the molecule is CCNC(=NCc1ccc2c(c1)OCO2)NCC(=O)Nc1cc(Br)ccc1C. The van der Waals surface area contributed by atoms with Gasteiger partial charge in [0.25, 0.3) is 0 Å². The molecule has 0 aliphatic carbocycles. The lowest BCUT2D eigenvalue weighted by molar-refractivity contribution is -0.115. The molecule has 0 saturated heterocycles. The molecule has 0 fully saturated rings. The van der Waals surface area contributed by atoms with Gasteiger partial charge in [-0.2, -0.15) is 0 Å². The Kier molecular flexibility index (Phi) is 6.76. The van der Waals surface area contributed by atoms with Crippen LogP contribution >= 0.6 is 15.9 Å². The molecule has 1 heterocycles. The summed E-state index contributed by atoms with van der Waals surface area (Å²) in [5.41, 5.74) is 2.78. The highest BCUT2D eigenvalue weighted by atomic mass is 79.9. The molecule has 3 rings (SSSR count). The number of amides is 1. The maximum absolute atomic E-state index is 12.3. The van der Waals surface area contributed by atoms with E-state index in [4.69, 9.17) is 9.47 Å². The lowest BCUT2D eigenvalue weighted by Crippen LogP contribution is -2.41. The van der Waals surface area contributed by atoms with Crippen LogP contribution in [0.4, 0.5) is 5.69 Å². The first-order chi connectivity index (χ1) is 13.5. The average Bonchev–Trinajstić information content (AvgIpc) is 3.15. The van der Waals surface area contributed by atoms with Crippen LogP contribution in [0.5, 0.6) is 11.5 Å². The molecule has 1 aliphatic heterocycles. The zero-order valence-electron chi connectivity index (χ0n) is 15.8. The predicted molar refractivity (Wildman–Crippen MR) is 113 cm³/mol. The summed E-state index contributed by atoms with van der Waals surface area (Å²) >= 11 is 3.42. The van der Waals surface area contributed by atoms with Gasteiger partial charge in [-0.3, -0.25) is 4.79 Å². The third-order valence-corrected chi connectivity index (χ3v) is 4.58. The number of nitrogens with zero attached hydrogens (tertiary/aromatic N) is 1. The van der Waals surface area contributed by atoms with Crippen LogP contribution in [0, 0.1) is 6.92 Å². The summed E-state index contributed by atoms with van der Waals surface area (Å²) in [4.78, 5) is 16.8. The lowest BCUT2D eigenvalue weighted by Gasteiger charge is -2.13. The van der Waals surface area contributed by atoms with Crippen LogP contribution in [0.1, 0.15) is 18.1 Å². The van der Waals surface area contributed by atoms with Gasteiger partial charge in [0.1, 0.15) is 0 Å². The van der Waals surface area contributed by atoms with E-state index < -0.39 is 0 Å². The molecular weight excluding hydrogens is 424 g/mol. The number of anilines is 1. The van der Waals surface area contributed by atoms with Crippen LogP contribution in [0.25, 0.3) is 0 Å². The molecular formula is C20H23BrN4O3. The van der Waals surface area contributed by atoms with E-state index in [-0.39, 0.29) is 19.2 Å². The number of fused-ring (bicyclic) bond motifs is 1. The third-order valence-electron chi connectivity index (χ3n) is 4.09. The number of nitrogens with one attached hydrogen (secondary N) is 3. The molecule has 2 aromatic rings. The van der Waals surface area contributed by atoms with Crippen LogP contribution in [-0.2, 0) is 11.3 Å². The lowest BCUT2D eigenvalue weighted by atomic mass is 10.2. The summed E-state index contributed by atoms with van der Waals surface area (Å²) in [7, 11) is 0. The van der Waals surface area contributed by atoms with E-state index >= 15 is 0 Å². The number of hydrogen-bond donors (Lipinski definition) is 3. The highest BCUT2D eigenvalue weighted by molar-refractivity contribution is 9.10. The zero-order chi connectivity index (χ0) is 19.9. The number of aryl methyl sites for hydroxylation is 1. The fraction of sp³-hybridized carbons (Fsp3) is 0.300. The van der Waals surface area contributed by atoms with Gasteiger partial charge in [0.05, 0.1) is 13.1 Å². The number of carbonyl (C=O) groups is 1. The topological polar surface area (TPSA) is 84.0 Å². The minimum absolute atomic E-state index is 0.110. The Bertz CT molecular complexity index is 886. The standard InChI is InChI=1S/C20H23BrN4O3/c1-3-22-20(23-10-14-5-7-17-18(8-14)28-12-27-17)24-11-19(26)25-16-9-15(21)6-4-13(16)2/h4-9H,3,10-12H2,1-2H3,(H,25,26)(H2,22,23,24).